The van der Waals surface area contributed by atoms with E-state index in [-0.39, 0.29) is 18.0 Å². The van der Waals surface area contributed by atoms with E-state index in [4.69, 9.17) is 4.74 Å². The molecule has 0 fully saturated rings. The Kier molecular flexibility index (Phi) is 4.47. The number of fused-ring (bicyclic) bond motifs is 3. The Morgan fingerprint density at radius 1 is 1.12 bits per heavy atom. The number of Topliss-reactive ketones (excluding diaryl/α,β-unsaturated/α-hetero) is 1. The van der Waals surface area contributed by atoms with Crippen molar-refractivity contribution in [2.75, 3.05) is 18.5 Å². The van der Waals surface area contributed by atoms with Crippen LogP contribution < -0.4 is 10.1 Å². The molecule has 1 N–H and O–H groups in total. The van der Waals surface area contributed by atoms with Gasteiger partial charge in [0.25, 0.3) is 0 Å². The number of carbonyl (C=O) groups is 1. The number of carbonyl (C=O) groups excluding carboxylic acids is 1. The second kappa shape index (κ2) is 7.41. The molecule has 4 nitrogen and oxygen atoms in total. The van der Waals surface area contributed by atoms with Crippen LogP contribution in [0, 0.1) is 19.7 Å². The lowest BCUT2D eigenvalue weighted by molar-refractivity contribution is -0.112. The van der Waals surface area contributed by atoms with Gasteiger partial charge in [0.05, 0.1) is 0 Å². The van der Waals surface area contributed by atoms with Gasteiger partial charge >= 0.3 is 0 Å². The molecule has 0 saturated carbocycles. The van der Waals surface area contributed by atoms with Crippen molar-refractivity contribution in [3.63, 3.8) is 0 Å². The number of nitrogens with zero attached hydrogens (tertiary/aromatic N) is 1. The quantitative estimate of drug-likeness (QED) is 0.540. The number of rotatable bonds is 2. The summed E-state index contributed by atoms with van der Waals surface area (Å²) in [5.74, 6) is 0.203. The lowest BCUT2D eigenvalue weighted by Crippen LogP contribution is -2.20. The first-order chi connectivity index (χ1) is 16.0. The van der Waals surface area contributed by atoms with Gasteiger partial charge in [0.2, 0.25) is 5.88 Å². The van der Waals surface area contributed by atoms with Crippen molar-refractivity contribution in [3.8, 4) is 17.0 Å². The Bertz CT molecular complexity index is 1420. The maximum atomic E-state index is 15.3. The molecule has 2 aliphatic carbocycles. The van der Waals surface area contributed by atoms with Gasteiger partial charge in [0, 0.05) is 35.9 Å². The summed E-state index contributed by atoms with van der Waals surface area (Å²) in [6.07, 6.45) is 6.70. The number of benzene rings is 2. The topological polar surface area (TPSA) is 51.2 Å². The van der Waals surface area contributed by atoms with Gasteiger partial charge in [-0.3, -0.25) is 4.79 Å². The second-order valence-corrected chi connectivity index (χ2v) is 8.89. The Morgan fingerprint density at radius 2 is 1.97 bits per heavy atom. The molecule has 6 rings (SSSR count). The minimum absolute atomic E-state index is 0.0311. The molecular formula is C28H23FN2O2. The van der Waals surface area contributed by atoms with Crippen LogP contribution in [-0.2, 0) is 17.6 Å². The van der Waals surface area contributed by atoms with E-state index >= 15 is 4.39 Å². The normalized spacial score (nSPS) is 17.2. The third-order valence-corrected chi connectivity index (χ3v) is 6.90. The van der Waals surface area contributed by atoms with Gasteiger partial charge in [0.1, 0.15) is 18.1 Å². The third kappa shape index (κ3) is 3.10. The molecule has 2 heterocycles. The number of anilines is 1. The van der Waals surface area contributed by atoms with E-state index < -0.39 is 0 Å². The molecule has 5 heteroatoms. The Morgan fingerprint density at radius 3 is 2.82 bits per heavy atom. The number of hydrogen-bond acceptors (Lipinski definition) is 4. The van der Waals surface area contributed by atoms with E-state index in [0.717, 1.165) is 45.5 Å². The number of hydrogen-bond donors (Lipinski definition) is 1. The molecule has 3 aromatic rings. The average Bonchev–Trinajstić information content (AvgIpc) is 3.38. The van der Waals surface area contributed by atoms with Crippen LogP contribution in [0.4, 0.5) is 10.1 Å². The summed E-state index contributed by atoms with van der Waals surface area (Å²) in [5, 5.41) is 3.35. The highest BCUT2D eigenvalue weighted by atomic mass is 19.1. The number of halogens is 1. The van der Waals surface area contributed by atoms with Crippen LogP contribution in [0.5, 0.6) is 5.88 Å². The minimum atomic E-state index is -0.340. The van der Waals surface area contributed by atoms with Gasteiger partial charge in [-0.25, -0.2) is 9.37 Å². The number of nitrogens with one attached hydrogen (secondary N) is 1. The molecule has 164 valence electrons. The van der Waals surface area contributed by atoms with Crippen LogP contribution in [0.2, 0.25) is 0 Å². The van der Waals surface area contributed by atoms with E-state index in [2.05, 4.69) is 28.5 Å². The monoisotopic (exact) mass is 438 g/mol. The molecule has 0 amide bonds. The Labute approximate surface area is 191 Å². The van der Waals surface area contributed by atoms with Crippen LogP contribution in [0.15, 0.2) is 48.2 Å². The summed E-state index contributed by atoms with van der Waals surface area (Å²) in [6.45, 7) is 5.24. The van der Waals surface area contributed by atoms with Crippen LogP contribution in [0.1, 0.15) is 33.4 Å². The molecule has 1 aliphatic heterocycles. The fourth-order valence-corrected chi connectivity index (χ4v) is 5.24. The number of ketones is 1. The number of ether oxygens (including phenoxy) is 1. The van der Waals surface area contributed by atoms with Gasteiger partial charge in [0.15, 0.2) is 5.78 Å². The fraction of sp³-hybridized carbons (Fsp3) is 0.214. The van der Waals surface area contributed by atoms with E-state index in [9.17, 15) is 4.79 Å². The molecule has 33 heavy (non-hydrogen) atoms. The van der Waals surface area contributed by atoms with Crippen LogP contribution >= 0.6 is 0 Å². The van der Waals surface area contributed by atoms with Crippen LogP contribution in [-0.4, -0.2) is 23.9 Å². The average molecular weight is 439 g/mol. The van der Waals surface area contributed by atoms with Gasteiger partial charge in [-0.15, -0.1) is 0 Å². The first kappa shape index (κ1) is 19.9. The van der Waals surface area contributed by atoms with Crippen molar-refractivity contribution < 1.29 is 13.9 Å². The molecule has 0 spiro atoms. The zero-order valence-corrected chi connectivity index (χ0v) is 18.6. The van der Waals surface area contributed by atoms with Crippen LogP contribution in [0.3, 0.4) is 0 Å². The van der Waals surface area contributed by atoms with Gasteiger partial charge in [-0.1, -0.05) is 30.3 Å². The SMILES string of the molecule is Cc1c(-c2cc(F)c3c(c2C)/C(=C/C2=Cc4ccccc4C2)C(=O)C3)cnc2c1NCCO2. The third-order valence-electron chi connectivity index (χ3n) is 6.90. The number of allylic oxidation sites excluding steroid dienone is 3. The van der Waals surface area contributed by atoms with Gasteiger partial charge in [-0.2, -0.15) is 0 Å². The fourth-order valence-electron chi connectivity index (χ4n) is 5.24. The van der Waals surface area contributed by atoms with Crippen molar-refractivity contribution >= 4 is 23.1 Å². The molecule has 0 bridgehead atoms. The standard InChI is InChI=1S/C28H23FN2O2/c1-15-20(23-14-31-28-27(16(23)2)30-7-8-33-28)12-24(29)21-13-25(32)22(26(15)21)11-17-9-18-5-3-4-6-19(18)10-17/h3-6,9,11-12,14,30H,7-8,10,13H2,1-2H3/b22-11+. The molecule has 0 atom stereocenters. The van der Waals surface area contributed by atoms with E-state index in [1.807, 2.05) is 32.1 Å². The molecular weight excluding hydrogens is 415 g/mol. The van der Waals surface area contributed by atoms with E-state index in [0.29, 0.717) is 30.2 Å². The summed E-state index contributed by atoms with van der Waals surface area (Å²) in [5.41, 5.74) is 9.65. The molecule has 3 aliphatic rings. The number of aromatic nitrogens is 1. The smallest absolute Gasteiger partial charge is 0.237 e. The summed E-state index contributed by atoms with van der Waals surface area (Å²) in [4.78, 5) is 17.5. The zero-order chi connectivity index (χ0) is 22.7. The number of pyridine rings is 1. The van der Waals surface area contributed by atoms with Crippen molar-refractivity contribution in [2.45, 2.75) is 26.7 Å². The van der Waals surface area contributed by atoms with E-state index in [1.165, 1.54) is 11.1 Å². The first-order valence-electron chi connectivity index (χ1n) is 11.2. The summed E-state index contributed by atoms with van der Waals surface area (Å²) in [6, 6.07) is 9.78. The lowest BCUT2D eigenvalue weighted by Gasteiger charge is -2.22. The second-order valence-electron chi connectivity index (χ2n) is 8.89. The summed E-state index contributed by atoms with van der Waals surface area (Å²) < 4.78 is 21.0. The largest absolute Gasteiger partial charge is 0.474 e. The predicted octanol–water partition coefficient (Wildman–Crippen LogP) is 5.46. The maximum absolute atomic E-state index is 15.3. The van der Waals surface area contributed by atoms with Crippen molar-refractivity contribution in [1.29, 1.82) is 0 Å². The molecule has 2 aromatic carbocycles. The van der Waals surface area contributed by atoms with Crippen LogP contribution in [0.25, 0.3) is 22.8 Å². The van der Waals surface area contributed by atoms with Crippen molar-refractivity contribution in [1.82, 2.24) is 4.98 Å². The lowest BCUT2D eigenvalue weighted by atomic mass is 9.90. The zero-order valence-electron chi connectivity index (χ0n) is 18.6. The highest BCUT2D eigenvalue weighted by molar-refractivity contribution is 6.26. The molecule has 0 radical (unpaired) electrons. The predicted molar refractivity (Wildman–Crippen MR) is 128 cm³/mol. The molecule has 1 aromatic heterocycles. The van der Waals surface area contributed by atoms with Gasteiger partial charge in [-0.05, 0) is 71.4 Å². The molecule has 0 unspecified atom stereocenters. The van der Waals surface area contributed by atoms with Crippen molar-refractivity contribution in [3.05, 3.63) is 87.4 Å². The van der Waals surface area contributed by atoms with Gasteiger partial charge < -0.3 is 10.1 Å². The first-order valence-corrected chi connectivity index (χ1v) is 11.2. The minimum Gasteiger partial charge on any atom is -0.474 e. The maximum Gasteiger partial charge on any atom is 0.237 e. The van der Waals surface area contributed by atoms with E-state index in [1.54, 1.807) is 12.3 Å². The molecule has 0 saturated heterocycles. The summed E-state index contributed by atoms with van der Waals surface area (Å²) >= 11 is 0. The Balaban J connectivity index is 1.49. The highest BCUT2D eigenvalue weighted by Crippen LogP contribution is 2.43. The van der Waals surface area contributed by atoms with Crippen molar-refractivity contribution in [2.24, 2.45) is 0 Å². The summed E-state index contributed by atoms with van der Waals surface area (Å²) in [7, 11) is 0. The highest BCUT2D eigenvalue weighted by Gasteiger charge is 2.32. The Hall–Kier alpha value is -3.73.